The van der Waals surface area contributed by atoms with E-state index in [1.807, 2.05) is 0 Å². The highest BCUT2D eigenvalue weighted by atomic mass is 19.3. The predicted molar refractivity (Wildman–Crippen MR) is 90.3 cm³/mol. The molecule has 0 fully saturated rings. The number of carbonyl (C=O) groups is 1. The van der Waals surface area contributed by atoms with Gasteiger partial charge in [0, 0.05) is 0 Å². The molecule has 0 aliphatic carbocycles. The van der Waals surface area contributed by atoms with Gasteiger partial charge in [-0.25, -0.2) is 15.1 Å². The number of benzene rings is 1. The van der Waals surface area contributed by atoms with E-state index < -0.39 is 29.8 Å². The Hall–Kier alpha value is -2.58. The second-order valence-electron chi connectivity index (χ2n) is 6.95. The fraction of sp³-hybridized carbons (Fsp3) is 0.500. The molecule has 2 rings (SSSR count). The van der Waals surface area contributed by atoms with Gasteiger partial charge < -0.3 is 20.9 Å². The number of amides is 1. The number of ether oxygens (including phenoxy) is 2. The van der Waals surface area contributed by atoms with Gasteiger partial charge in [0.1, 0.15) is 5.60 Å². The average molecular weight is 356 g/mol. The lowest BCUT2D eigenvalue weighted by Gasteiger charge is -2.38. The molecule has 1 atom stereocenters. The van der Waals surface area contributed by atoms with Gasteiger partial charge in [0.15, 0.2) is 12.1 Å². The molecular weight excluding hydrogens is 334 g/mol. The number of nitrogens with one attached hydrogen (secondary N) is 1. The van der Waals surface area contributed by atoms with E-state index in [9.17, 15) is 13.6 Å². The average Bonchev–Trinajstić information content (AvgIpc) is 2.44. The van der Waals surface area contributed by atoms with E-state index in [-0.39, 0.29) is 23.0 Å². The van der Waals surface area contributed by atoms with Crippen molar-refractivity contribution >= 4 is 23.5 Å². The normalized spacial score (nSPS) is 22.6. The van der Waals surface area contributed by atoms with Gasteiger partial charge >= 0.3 is 12.0 Å². The number of alkyl halides is 2. The Bertz CT molecular complexity index is 716. The van der Waals surface area contributed by atoms with Crippen LogP contribution in [0.4, 0.5) is 25.0 Å². The number of carbonyl (C=O) groups excluding carboxylic acids is 1. The van der Waals surface area contributed by atoms with Gasteiger partial charge in [-0.2, -0.15) is 8.78 Å². The molecule has 1 aromatic carbocycles. The summed E-state index contributed by atoms with van der Waals surface area (Å²) in [5.74, 6) is -3.32. The molecule has 5 N–H and O–H groups in total. The third-order valence-electron chi connectivity index (χ3n) is 3.68. The van der Waals surface area contributed by atoms with Crippen molar-refractivity contribution in [2.75, 3.05) is 18.1 Å². The van der Waals surface area contributed by atoms with Crippen LogP contribution in [0.25, 0.3) is 0 Å². The van der Waals surface area contributed by atoms with Crippen LogP contribution in [0.1, 0.15) is 33.3 Å². The van der Waals surface area contributed by atoms with Crippen LogP contribution in [-0.4, -0.2) is 30.2 Å². The lowest BCUT2D eigenvalue weighted by atomic mass is 9.85. The van der Waals surface area contributed by atoms with Crippen LogP contribution in [0.2, 0.25) is 0 Å². The van der Waals surface area contributed by atoms with Crippen LogP contribution < -0.4 is 16.8 Å². The zero-order valence-electron chi connectivity index (χ0n) is 14.5. The van der Waals surface area contributed by atoms with Crippen molar-refractivity contribution in [3.05, 3.63) is 23.8 Å². The molecular formula is C16H22F2N4O3. The smallest absolute Gasteiger partial charge is 0.415 e. The fourth-order valence-electron chi connectivity index (χ4n) is 2.22. The summed E-state index contributed by atoms with van der Waals surface area (Å²) in [5.41, 5.74) is 9.20. The van der Waals surface area contributed by atoms with Crippen molar-refractivity contribution in [2.45, 2.75) is 44.8 Å². The lowest BCUT2D eigenvalue weighted by Crippen LogP contribution is -2.52. The fourth-order valence-corrected chi connectivity index (χ4v) is 2.22. The van der Waals surface area contributed by atoms with Gasteiger partial charge in [-0.05, 0) is 45.4 Å². The van der Waals surface area contributed by atoms with Crippen LogP contribution in [0, 0.1) is 0 Å². The summed E-state index contributed by atoms with van der Waals surface area (Å²) in [7, 11) is 0. The molecule has 0 spiro atoms. The van der Waals surface area contributed by atoms with E-state index in [1.54, 1.807) is 20.8 Å². The van der Waals surface area contributed by atoms with Crippen molar-refractivity contribution in [1.29, 1.82) is 0 Å². The van der Waals surface area contributed by atoms with E-state index in [1.165, 1.54) is 25.1 Å². The highest BCUT2D eigenvalue weighted by molar-refractivity contribution is 5.91. The number of hydrogen-bond donors (Lipinski definition) is 3. The summed E-state index contributed by atoms with van der Waals surface area (Å²) in [6, 6.07) is 3.83. The number of hydrogen-bond acceptors (Lipinski definition) is 6. The minimum absolute atomic E-state index is 0.149. The maximum atomic E-state index is 14.5. The van der Waals surface area contributed by atoms with Gasteiger partial charge in [-0.15, -0.1) is 0 Å². The summed E-state index contributed by atoms with van der Waals surface area (Å²) >= 11 is 0. The number of nitrogen functional groups attached to an aromatic ring is 2. The minimum Gasteiger partial charge on any atom is -0.458 e. The number of amidine groups is 1. The maximum Gasteiger partial charge on any atom is 0.415 e. The molecule has 7 nitrogen and oxygen atoms in total. The molecule has 1 aliphatic heterocycles. The quantitative estimate of drug-likeness (QED) is 0.670. The van der Waals surface area contributed by atoms with Crippen LogP contribution in [-0.2, 0) is 15.0 Å². The van der Waals surface area contributed by atoms with Crippen molar-refractivity contribution < 1.29 is 23.0 Å². The van der Waals surface area contributed by atoms with Gasteiger partial charge in [0.05, 0.1) is 11.4 Å². The molecule has 0 bridgehead atoms. The van der Waals surface area contributed by atoms with E-state index in [4.69, 9.17) is 20.9 Å². The van der Waals surface area contributed by atoms with Crippen molar-refractivity contribution in [3.63, 3.8) is 0 Å². The zero-order chi connectivity index (χ0) is 19.0. The second-order valence-corrected chi connectivity index (χ2v) is 6.95. The molecule has 0 saturated carbocycles. The molecule has 0 radical (unpaired) electrons. The molecule has 9 heteroatoms. The van der Waals surface area contributed by atoms with Crippen molar-refractivity contribution in [3.8, 4) is 0 Å². The lowest BCUT2D eigenvalue weighted by molar-refractivity contribution is -0.117. The summed E-state index contributed by atoms with van der Waals surface area (Å²) in [6.07, 6.45) is -0.851. The van der Waals surface area contributed by atoms with Gasteiger partial charge in [-0.1, -0.05) is 6.07 Å². The van der Waals surface area contributed by atoms with Gasteiger partial charge in [0.2, 0.25) is 0 Å². The number of anilines is 2. The molecule has 138 valence electrons. The Morgan fingerprint density at radius 1 is 1.32 bits per heavy atom. The number of aliphatic imine (C=N–C) groups is 1. The Kier molecular flexibility index (Phi) is 4.54. The summed E-state index contributed by atoms with van der Waals surface area (Å²) in [4.78, 5) is 15.7. The molecule has 1 aliphatic rings. The van der Waals surface area contributed by atoms with Crippen LogP contribution in [0.5, 0.6) is 0 Å². The summed E-state index contributed by atoms with van der Waals surface area (Å²) < 4.78 is 39.0. The van der Waals surface area contributed by atoms with E-state index in [0.717, 1.165) is 0 Å². The number of alkyl carbamates (subject to hydrolysis) is 1. The molecule has 0 aromatic heterocycles. The van der Waals surface area contributed by atoms with Crippen LogP contribution >= 0.6 is 0 Å². The number of rotatable bonds is 1. The molecule has 1 amide bonds. The predicted octanol–water partition coefficient (Wildman–Crippen LogP) is 2.61. The summed E-state index contributed by atoms with van der Waals surface area (Å²) in [6.45, 7) is 5.29. The van der Waals surface area contributed by atoms with E-state index >= 15 is 0 Å². The molecule has 1 aromatic rings. The standard InChI is InChI=1S/C16H22F2N4O3/c1-14(2,3)25-13(23)21-12-22-15(4,16(17,18)8-24-12)9-5-6-10(19)11(20)7-9/h5-7H,8,19-20H2,1-4H3,(H,21,22,23). The Balaban J connectivity index is 2.36. The third kappa shape index (κ3) is 3.92. The monoisotopic (exact) mass is 356 g/mol. The first-order valence-electron chi connectivity index (χ1n) is 7.60. The molecule has 1 heterocycles. The third-order valence-corrected chi connectivity index (χ3v) is 3.68. The van der Waals surface area contributed by atoms with Gasteiger partial charge in [-0.3, -0.25) is 0 Å². The van der Waals surface area contributed by atoms with Crippen LogP contribution in [0.15, 0.2) is 23.2 Å². The maximum absolute atomic E-state index is 14.5. The van der Waals surface area contributed by atoms with Crippen LogP contribution in [0.3, 0.4) is 0 Å². The minimum atomic E-state index is -3.32. The second kappa shape index (κ2) is 6.05. The highest BCUT2D eigenvalue weighted by Crippen LogP contribution is 2.44. The SMILES string of the molecule is CC(C)(C)OC(=O)NC1=NC(C)(c2ccc(N)c(N)c2)C(F)(F)CO1. The molecule has 0 saturated heterocycles. The first-order chi connectivity index (χ1) is 11.3. The number of nitrogens with two attached hydrogens (primary N) is 2. The van der Waals surface area contributed by atoms with E-state index in [0.29, 0.717) is 0 Å². The van der Waals surface area contributed by atoms with Gasteiger partial charge in [0.25, 0.3) is 6.02 Å². The molecule has 25 heavy (non-hydrogen) atoms. The van der Waals surface area contributed by atoms with E-state index in [2.05, 4.69) is 10.3 Å². The van der Waals surface area contributed by atoms with Crippen molar-refractivity contribution in [2.24, 2.45) is 4.99 Å². The zero-order valence-corrected chi connectivity index (χ0v) is 14.5. The Morgan fingerprint density at radius 3 is 2.52 bits per heavy atom. The Morgan fingerprint density at radius 2 is 1.96 bits per heavy atom. The first-order valence-corrected chi connectivity index (χ1v) is 7.60. The number of halogens is 2. The van der Waals surface area contributed by atoms with Crippen molar-refractivity contribution in [1.82, 2.24) is 5.32 Å². The molecule has 1 unspecified atom stereocenters. The number of nitrogens with zero attached hydrogens (tertiary/aromatic N) is 1. The summed E-state index contributed by atoms with van der Waals surface area (Å²) in [5, 5.41) is 2.24. The largest absolute Gasteiger partial charge is 0.458 e. The highest BCUT2D eigenvalue weighted by Gasteiger charge is 2.55. The Labute approximate surface area is 144 Å². The first kappa shape index (κ1) is 18.8. The topological polar surface area (TPSA) is 112 Å².